The van der Waals surface area contributed by atoms with Crippen LogP contribution in [0.25, 0.3) is 10.9 Å². The minimum atomic E-state index is -1.08. The first-order chi connectivity index (χ1) is 17.9. The molecule has 184 valence electrons. The molecule has 1 heterocycles. The molecule has 3 aromatic carbocycles. The molecule has 9 heteroatoms. The van der Waals surface area contributed by atoms with E-state index in [2.05, 4.69) is 15.6 Å². The van der Waals surface area contributed by atoms with Gasteiger partial charge in [0.25, 0.3) is 0 Å². The number of benzene rings is 3. The number of nitrogens with zero attached hydrogens (tertiary/aromatic N) is 1. The maximum atomic E-state index is 13.0. The van der Waals surface area contributed by atoms with Crippen molar-refractivity contribution >= 4 is 47.4 Å². The molecule has 1 aliphatic rings. The highest BCUT2D eigenvalue weighted by Gasteiger charge is 2.56. The van der Waals surface area contributed by atoms with Gasteiger partial charge in [0.1, 0.15) is 24.8 Å². The van der Waals surface area contributed by atoms with E-state index in [-0.39, 0.29) is 11.8 Å². The van der Waals surface area contributed by atoms with E-state index in [1.54, 1.807) is 81.1 Å². The Bertz CT molecular complexity index is 1470. The maximum Gasteiger partial charge on any atom is 0.240 e. The van der Waals surface area contributed by atoms with Crippen molar-refractivity contribution in [2.24, 2.45) is 5.41 Å². The Morgan fingerprint density at radius 1 is 0.811 bits per heavy atom. The number of aromatic nitrogens is 1. The van der Waals surface area contributed by atoms with Gasteiger partial charge in [-0.2, -0.15) is 0 Å². The van der Waals surface area contributed by atoms with E-state index in [4.69, 9.17) is 22.1 Å². The molecule has 1 aliphatic carbocycles. The topological polar surface area (TPSA) is 98.8 Å². The number of methoxy groups -OCH3 is 2. The fraction of sp³-hybridized carbons (Fsp3) is 0.179. The molecule has 0 spiro atoms. The minimum Gasteiger partial charge on any atom is -0.493 e. The average molecular weight is 493 g/mol. The molecule has 4 aromatic rings. The smallest absolute Gasteiger partial charge is 0.240 e. The number of hydrogen-bond acceptors (Lipinski definition) is 6. The van der Waals surface area contributed by atoms with Crippen LogP contribution in [-0.4, -0.2) is 38.9 Å². The number of carbonyl (C=O) groups excluding carboxylic acids is 2. The molecular formula is C28H24BN3O5. The summed E-state index contributed by atoms with van der Waals surface area (Å²) >= 11 is 0. The van der Waals surface area contributed by atoms with Crippen molar-refractivity contribution in [3.8, 4) is 23.0 Å². The van der Waals surface area contributed by atoms with Gasteiger partial charge < -0.3 is 24.8 Å². The van der Waals surface area contributed by atoms with E-state index in [9.17, 15) is 9.59 Å². The van der Waals surface area contributed by atoms with Crippen LogP contribution in [0.15, 0.2) is 72.9 Å². The van der Waals surface area contributed by atoms with Crippen molar-refractivity contribution < 1.29 is 23.8 Å². The summed E-state index contributed by atoms with van der Waals surface area (Å²) in [6, 6.07) is 19.1. The van der Waals surface area contributed by atoms with Crippen LogP contribution >= 0.6 is 0 Å². The van der Waals surface area contributed by atoms with E-state index in [0.717, 1.165) is 5.39 Å². The number of carbonyl (C=O) groups is 2. The van der Waals surface area contributed by atoms with Crippen LogP contribution in [0.3, 0.4) is 0 Å². The molecule has 0 aliphatic heterocycles. The summed E-state index contributed by atoms with van der Waals surface area (Å²) in [6.07, 6.45) is 2.64. The first-order valence-electron chi connectivity index (χ1n) is 11.7. The molecule has 2 amide bonds. The summed E-state index contributed by atoms with van der Waals surface area (Å²) in [7, 11) is 8.83. The predicted molar refractivity (Wildman–Crippen MR) is 142 cm³/mol. The lowest BCUT2D eigenvalue weighted by Gasteiger charge is -2.16. The van der Waals surface area contributed by atoms with Crippen molar-refractivity contribution in [3.63, 3.8) is 0 Å². The Balaban J connectivity index is 1.27. The quantitative estimate of drug-likeness (QED) is 0.282. The number of anilines is 2. The van der Waals surface area contributed by atoms with Gasteiger partial charge in [0.15, 0.2) is 11.5 Å². The van der Waals surface area contributed by atoms with Gasteiger partial charge in [0, 0.05) is 29.0 Å². The monoisotopic (exact) mass is 493 g/mol. The zero-order valence-electron chi connectivity index (χ0n) is 20.4. The van der Waals surface area contributed by atoms with E-state index in [1.807, 2.05) is 6.07 Å². The fourth-order valence-corrected chi connectivity index (χ4v) is 4.02. The molecule has 1 saturated carbocycles. The van der Waals surface area contributed by atoms with Gasteiger partial charge in [-0.05, 0) is 61.4 Å². The van der Waals surface area contributed by atoms with Crippen molar-refractivity contribution in [3.05, 3.63) is 72.9 Å². The molecule has 2 radical (unpaired) electrons. The summed E-state index contributed by atoms with van der Waals surface area (Å²) in [5, 5.41) is 6.43. The Morgan fingerprint density at radius 2 is 1.38 bits per heavy atom. The molecule has 1 fully saturated rings. The number of rotatable bonds is 8. The molecule has 8 nitrogen and oxygen atoms in total. The first kappa shape index (κ1) is 24.2. The zero-order chi connectivity index (χ0) is 26.0. The Hall–Kier alpha value is -4.53. The van der Waals surface area contributed by atoms with Gasteiger partial charge in [0.05, 0.1) is 19.7 Å². The first-order valence-corrected chi connectivity index (χ1v) is 11.7. The largest absolute Gasteiger partial charge is 0.493 e. The SMILES string of the molecule is [B]c1ccc(NC(=O)C2(C(=O)Nc3ccc(Oc4ccnc5cc(OC)c(OC)cc45)cc3)CC2)cc1. The number of ether oxygens (including phenoxy) is 3. The highest BCUT2D eigenvalue weighted by Crippen LogP contribution is 2.47. The number of hydrogen-bond donors (Lipinski definition) is 2. The normalized spacial score (nSPS) is 13.5. The molecule has 0 saturated heterocycles. The Kier molecular flexibility index (Phi) is 6.44. The Morgan fingerprint density at radius 3 is 1.95 bits per heavy atom. The van der Waals surface area contributed by atoms with Crippen LogP contribution in [-0.2, 0) is 9.59 Å². The van der Waals surface area contributed by atoms with Crippen LogP contribution in [0.1, 0.15) is 12.8 Å². The number of fused-ring (bicyclic) bond motifs is 1. The van der Waals surface area contributed by atoms with Crippen LogP contribution in [0, 0.1) is 5.41 Å². The molecule has 0 unspecified atom stereocenters. The van der Waals surface area contributed by atoms with Crippen molar-refractivity contribution in [1.82, 2.24) is 4.98 Å². The van der Waals surface area contributed by atoms with Gasteiger partial charge >= 0.3 is 0 Å². The van der Waals surface area contributed by atoms with Crippen molar-refractivity contribution in [1.29, 1.82) is 0 Å². The highest BCUT2D eigenvalue weighted by atomic mass is 16.5. The summed E-state index contributed by atoms with van der Waals surface area (Å²) in [5.74, 6) is 1.65. The minimum absolute atomic E-state index is 0.327. The summed E-state index contributed by atoms with van der Waals surface area (Å²) in [4.78, 5) is 30.2. The van der Waals surface area contributed by atoms with Crippen molar-refractivity contribution in [2.45, 2.75) is 12.8 Å². The van der Waals surface area contributed by atoms with Gasteiger partial charge in [-0.15, -0.1) is 0 Å². The Labute approximate surface area is 215 Å². The van der Waals surface area contributed by atoms with E-state index in [1.165, 1.54) is 0 Å². The molecule has 2 N–H and O–H groups in total. The van der Waals surface area contributed by atoms with Crippen molar-refractivity contribution in [2.75, 3.05) is 24.9 Å². The second-order valence-corrected chi connectivity index (χ2v) is 8.77. The molecule has 0 bridgehead atoms. The molecular weight excluding hydrogens is 469 g/mol. The third-order valence-corrected chi connectivity index (χ3v) is 6.33. The molecule has 37 heavy (non-hydrogen) atoms. The van der Waals surface area contributed by atoms with Crippen LogP contribution < -0.4 is 30.3 Å². The van der Waals surface area contributed by atoms with Crippen LogP contribution in [0.4, 0.5) is 11.4 Å². The van der Waals surface area contributed by atoms with E-state index >= 15 is 0 Å². The van der Waals surface area contributed by atoms with Gasteiger partial charge in [-0.1, -0.05) is 17.6 Å². The highest BCUT2D eigenvalue weighted by molar-refractivity contribution is 6.32. The third-order valence-electron chi connectivity index (χ3n) is 6.33. The second kappa shape index (κ2) is 9.85. The number of nitrogens with one attached hydrogen (secondary N) is 2. The second-order valence-electron chi connectivity index (χ2n) is 8.77. The van der Waals surface area contributed by atoms with E-state index < -0.39 is 5.41 Å². The fourth-order valence-electron chi connectivity index (χ4n) is 4.02. The van der Waals surface area contributed by atoms with Crippen LogP contribution in [0.2, 0.25) is 0 Å². The van der Waals surface area contributed by atoms with Gasteiger partial charge in [-0.25, -0.2) is 0 Å². The average Bonchev–Trinajstić information content (AvgIpc) is 3.73. The standard InChI is InChI=1S/C28H24BN3O5/c1-35-24-15-21-22(16-25(24)36-2)30-14-11-23(21)37-20-9-7-19(8-10-20)32-27(34)28(12-13-28)26(33)31-18-5-3-17(29)4-6-18/h3-11,14-16H,12-13H2,1-2H3,(H,31,33)(H,32,34). The molecule has 0 atom stereocenters. The zero-order valence-corrected chi connectivity index (χ0v) is 20.4. The molecule has 1 aromatic heterocycles. The summed E-state index contributed by atoms with van der Waals surface area (Å²) in [6.45, 7) is 0. The lowest BCUT2D eigenvalue weighted by molar-refractivity contribution is -0.131. The molecule has 5 rings (SSSR count). The van der Waals surface area contributed by atoms with E-state index in [0.29, 0.717) is 58.2 Å². The summed E-state index contributed by atoms with van der Waals surface area (Å²) < 4.78 is 16.9. The van der Waals surface area contributed by atoms with Gasteiger partial charge in [-0.3, -0.25) is 14.6 Å². The lowest BCUT2D eigenvalue weighted by atomic mass is 9.96. The lowest BCUT2D eigenvalue weighted by Crippen LogP contribution is -2.35. The number of amides is 2. The number of pyridine rings is 1. The predicted octanol–water partition coefficient (Wildman–Crippen LogP) is 4.20. The maximum absolute atomic E-state index is 13.0. The van der Waals surface area contributed by atoms with Crippen LogP contribution in [0.5, 0.6) is 23.0 Å². The summed E-state index contributed by atoms with van der Waals surface area (Å²) in [5.41, 5.74) is 1.38. The van der Waals surface area contributed by atoms with Gasteiger partial charge in [0.2, 0.25) is 11.8 Å². The third kappa shape index (κ3) is 4.93.